The third-order valence-electron chi connectivity index (χ3n) is 3.42. The van der Waals surface area contributed by atoms with Crippen LogP contribution in [0.5, 0.6) is 0 Å². The Bertz CT molecular complexity index is 327. The second-order valence-corrected chi connectivity index (χ2v) is 5.83. The fraction of sp³-hybridized carbons (Fsp3) is 0.769. The Morgan fingerprint density at radius 3 is 2.69 bits per heavy atom. The first-order valence-corrected chi connectivity index (χ1v) is 7.35. The Labute approximate surface area is 102 Å². The van der Waals surface area contributed by atoms with Crippen molar-refractivity contribution in [3.63, 3.8) is 0 Å². The number of aromatic nitrogens is 1. The third kappa shape index (κ3) is 2.64. The Morgan fingerprint density at radius 1 is 1.31 bits per heavy atom. The van der Waals surface area contributed by atoms with Gasteiger partial charge in [0.25, 0.3) is 0 Å². The van der Waals surface area contributed by atoms with E-state index < -0.39 is 0 Å². The van der Waals surface area contributed by atoms with Crippen LogP contribution in [0.15, 0.2) is 0 Å². The third-order valence-corrected chi connectivity index (χ3v) is 4.70. The normalized spacial score (nSPS) is 17.9. The van der Waals surface area contributed by atoms with Crippen LogP contribution < -0.4 is 5.73 Å². The van der Waals surface area contributed by atoms with E-state index in [1.54, 1.807) is 0 Å². The molecule has 0 saturated heterocycles. The van der Waals surface area contributed by atoms with Gasteiger partial charge < -0.3 is 5.73 Å². The zero-order chi connectivity index (χ0) is 11.4. The van der Waals surface area contributed by atoms with Crippen LogP contribution in [0.3, 0.4) is 0 Å². The zero-order valence-corrected chi connectivity index (χ0v) is 11.0. The standard InChI is InChI=1S/C13H22N2S/c1-2-6-11-12(9-14)16-13(15-11)10-7-4-3-5-8-10/h10H,2-9,14H2,1H3. The molecule has 0 amide bonds. The van der Waals surface area contributed by atoms with E-state index in [9.17, 15) is 0 Å². The van der Waals surface area contributed by atoms with Crippen LogP contribution in [0.1, 0.15) is 66.9 Å². The molecule has 2 nitrogen and oxygen atoms in total. The van der Waals surface area contributed by atoms with Gasteiger partial charge in [0.05, 0.1) is 10.7 Å². The molecule has 1 fully saturated rings. The number of hydrogen-bond acceptors (Lipinski definition) is 3. The first-order valence-electron chi connectivity index (χ1n) is 6.53. The quantitative estimate of drug-likeness (QED) is 0.870. The van der Waals surface area contributed by atoms with E-state index in [0.29, 0.717) is 6.54 Å². The summed E-state index contributed by atoms with van der Waals surface area (Å²) in [6.45, 7) is 2.87. The van der Waals surface area contributed by atoms with Crippen LogP contribution in [-0.4, -0.2) is 4.98 Å². The Kier molecular flexibility index (Phi) is 4.36. The second-order valence-electron chi connectivity index (χ2n) is 4.71. The van der Waals surface area contributed by atoms with Crippen LogP contribution >= 0.6 is 11.3 Å². The first-order chi connectivity index (χ1) is 7.85. The molecule has 0 atom stereocenters. The summed E-state index contributed by atoms with van der Waals surface area (Å²) in [7, 11) is 0. The average molecular weight is 238 g/mol. The minimum absolute atomic E-state index is 0.666. The van der Waals surface area contributed by atoms with E-state index in [1.165, 1.54) is 54.1 Å². The molecule has 0 unspecified atom stereocenters. The number of nitrogens with two attached hydrogens (primary N) is 1. The van der Waals surface area contributed by atoms with Gasteiger partial charge in [-0.1, -0.05) is 32.6 Å². The Balaban J connectivity index is 2.14. The highest BCUT2D eigenvalue weighted by molar-refractivity contribution is 7.11. The second kappa shape index (κ2) is 5.78. The molecular formula is C13H22N2S. The van der Waals surface area contributed by atoms with Crippen LogP contribution in [-0.2, 0) is 13.0 Å². The van der Waals surface area contributed by atoms with Gasteiger partial charge in [0, 0.05) is 17.3 Å². The van der Waals surface area contributed by atoms with Gasteiger partial charge in [-0.3, -0.25) is 0 Å². The minimum atomic E-state index is 0.666. The van der Waals surface area contributed by atoms with Crippen molar-refractivity contribution in [3.05, 3.63) is 15.6 Å². The maximum atomic E-state index is 5.79. The van der Waals surface area contributed by atoms with Crippen LogP contribution in [0.25, 0.3) is 0 Å². The maximum absolute atomic E-state index is 5.79. The summed E-state index contributed by atoms with van der Waals surface area (Å²) in [5.41, 5.74) is 7.07. The monoisotopic (exact) mass is 238 g/mol. The molecule has 0 aliphatic heterocycles. The molecule has 0 aromatic carbocycles. The minimum Gasteiger partial charge on any atom is -0.326 e. The number of thiazole rings is 1. The number of aryl methyl sites for hydroxylation is 1. The lowest BCUT2D eigenvalue weighted by Gasteiger charge is -2.18. The van der Waals surface area contributed by atoms with E-state index in [0.717, 1.165) is 12.3 Å². The summed E-state index contributed by atoms with van der Waals surface area (Å²) in [6, 6.07) is 0. The van der Waals surface area contributed by atoms with Gasteiger partial charge in [0.15, 0.2) is 0 Å². The number of rotatable bonds is 4. The molecule has 1 saturated carbocycles. The van der Waals surface area contributed by atoms with Gasteiger partial charge in [-0.05, 0) is 19.3 Å². The fourth-order valence-electron chi connectivity index (χ4n) is 2.52. The van der Waals surface area contributed by atoms with Gasteiger partial charge >= 0.3 is 0 Å². The maximum Gasteiger partial charge on any atom is 0.0962 e. The largest absolute Gasteiger partial charge is 0.326 e. The lowest BCUT2D eigenvalue weighted by Crippen LogP contribution is -2.04. The summed E-state index contributed by atoms with van der Waals surface area (Å²) in [6.07, 6.45) is 9.10. The lowest BCUT2D eigenvalue weighted by molar-refractivity contribution is 0.442. The molecule has 16 heavy (non-hydrogen) atoms. The van der Waals surface area contributed by atoms with Gasteiger partial charge in [-0.15, -0.1) is 11.3 Å². The summed E-state index contributed by atoms with van der Waals surface area (Å²) in [5, 5.41) is 1.36. The lowest BCUT2D eigenvalue weighted by atomic mass is 9.90. The smallest absolute Gasteiger partial charge is 0.0962 e. The number of hydrogen-bond donors (Lipinski definition) is 1. The molecule has 0 spiro atoms. The van der Waals surface area contributed by atoms with E-state index >= 15 is 0 Å². The van der Waals surface area contributed by atoms with E-state index in [-0.39, 0.29) is 0 Å². The van der Waals surface area contributed by atoms with E-state index in [2.05, 4.69) is 6.92 Å². The van der Waals surface area contributed by atoms with Crippen molar-refractivity contribution in [3.8, 4) is 0 Å². The van der Waals surface area contributed by atoms with E-state index in [4.69, 9.17) is 10.7 Å². The summed E-state index contributed by atoms with van der Waals surface area (Å²) in [4.78, 5) is 6.15. The van der Waals surface area contributed by atoms with Crippen LogP contribution in [0.4, 0.5) is 0 Å². The molecule has 1 aliphatic rings. The molecule has 1 aromatic heterocycles. The van der Waals surface area contributed by atoms with Gasteiger partial charge in [-0.2, -0.15) is 0 Å². The zero-order valence-electron chi connectivity index (χ0n) is 10.2. The van der Waals surface area contributed by atoms with Crippen molar-refractivity contribution in [2.75, 3.05) is 0 Å². The first kappa shape index (κ1) is 12.1. The van der Waals surface area contributed by atoms with Crippen molar-refractivity contribution >= 4 is 11.3 Å². The average Bonchev–Trinajstić information content (AvgIpc) is 2.74. The van der Waals surface area contributed by atoms with Crippen molar-refractivity contribution in [1.29, 1.82) is 0 Å². The molecule has 90 valence electrons. The van der Waals surface area contributed by atoms with Gasteiger partial charge in [-0.25, -0.2) is 4.98 Å². The predicted molar refractivity (Wildman–Crippen MR) is 69.8 cm³/mol. The molecule has 1 aromatic rings. The Hall–Kier alpha value is -0.410. The molecule has 3 heteroatoms. The van der Waals surface area contributed by atoms with Crippen molar-refractivity contribution in [1.82, 2.24) is 4.98 Å². The molecule has 0 bridgehead atoms. The highest BCUT2D eigenvalue weighted by Crippen LogP contribution is 2.36. The summed E-state index contributed by atoms with van der Waals surface area (Å²) < 4.78 is 0. The van der Waals surface area contributed by atoms with E-state index in [1.807, 2.05) is 11.3 Å². The highest BCUT2D eigenvalue weighted by Gasteiger charge is 2.20. The summed E-state index contributed by atoms with van der Waals surface area (Å²) in [5.74, 6) is 0.731. The highest BCUT2D eigenvalue weighted by atomic mass is 32.1. The fourth-order valence-corrected chi connectivity index (χ4v) is 3.68. The van der Waals surface area contributed by atoms with Gasteiger partial charge in [0.2, 0.25) is 0 Å². The SMILES string of the molecule is CCCc1nc(C2CCCCC2)sc1CN. The van der Waals surface area contributed by atoms with Crippen molar-refractivity contribution in [2.45, 2.75) is 64.3 Å². The topological polar surface area (TPSA) is 38.9 Å². The number of nitrogens with zero attached hydrogens (tertiary/aromatic N) is 1. The molecule has 0 radical (unpaired) electrons. The van der Waals surface area contributed by atoms with Crippen molar-refractivity contribution in [2.24, 2.45) is 5.73 Å². The molecule has 1 aliphatic carbocycles. The Morgan fingerprint density at radius 2 is 2.06 bits per heavy atom. The van der Waals surface area contributed by atoms with Crippen LogP contribution in [0.2, 0.25) is 0 Å². The van der Waals surface area contributed by atoms with Gasteiger partial charge in [0.1, 0.15) is 0 Å². The molecule has 1 heterocycles. The van der Waals surface area contributed by atoms with Crippen molar-refractivity contribution < 1.29 is 0 Å². The predicted octanol–water partition coefficient (Wildman–Crippen LogP) is 3.60. The van der Waals surface area contributed by atoms with Crippen LogP contribution in [0, 0.1) is 0 Å². The summed E-state index contributed by atoms with van der Waals surface area (Å²) >= 11 is 1.87. The molecule has 2 rings (SSSR count). The molecular weight excluding hydrogens is 216 g/mol. The molecule has 2 N–H and O–H groups in total.